The van der Waals surface area contributed by atoms with Crippen LogP contribution in [0, 0.1) is 17.2 Å². The van der Waals surface area contributed by atoms with Gasteiger partial charge >= 0.3 is 7.12 Å². The van der Waals surface area contributed by atoms with Gasteiger partial charge in [-0.25, -0.2) is 0 Å². The van der Waals surface area contributed by atoms with E-state index >= 15 is 0 Å². The van der Waals surface area contributed by atoms with Crippen LogP contribution in [-0.4, -0.2) is 41.0 Å². The maximum Gasteiger partial charge on any atom is 0.492 e. The number of carbonyl (C=O) groups is 1. The second-order valence-electron chi connectivity index (χ2n) is 7.81. The number of fused-ring (bicyclic) bond motifs is 1. The molecule has 1 aromatic carbocycles. The van der Waals surface area contributed by atoms with Gasteiger partial charge in [0, 0.05) is 18.5 Å². The number of hydrogen-bond donors (Lipinski definition) is 3. The Balaban J connectivity index is 1.66. The lowest BCUT2D eigenvalue weighted by molar-refractivity contribution is 0.0342. The Labute approximate surface area is 168 Å². The van der Waals surface area contributed by atoms with Crippen LogP contribution < -0.4 is 16.5 Å². The monoisotopic (exact) mass is 395 g/mol. The summed E-state index contributed by atoms with van der Waals surface area (Å²) in [5.74, 6) is -0.603. The number of anilines is 2. The van der Waals surface area contributed by atoms with Crippen LogP contribution in [0.3, 0.4) is 0 Å². The zero-order chi connectivity index (χ0) is 20.8. The molecule has 3 heterocycles. The summed E-state index contributed by atoms with van der Waals surface area (Å²) in [5.41, 5.74) is 7.35. The second-order valence-corrected chi connectivity index (χ2v) is 7.81. The van der Waals surface area contributed by atoms with Crippen LogP contribution in [0.2, 0.25) is 0 Å². The smallest absolute Gasteiger partial charge is 0.423 e. The lowest BCUT2D eigenvalue weighted by atomic mass is 9.78. The summed E-state index contributed by atoms with van der Waals surface area (Å²) in [5, 5.41) is 27.2. The molecule has 1 amide bonds. The molecule has 0 aliphatic carbocycles. The van der Waals surface area contributed by atoms with E-state index in [9.17, 15) is 15.1 Å². The minimum absolute atomic E-state index is 0.213. The molecule has 2 aliphatic heterocycles. The molecule has 0 bridgehead atoms. The molecule has 2 aromatic rings. The predicted octanol–water partition coefficient (Wildman–Crippen LogP) is 0.780. The Morgan fingerprint density at radius 1 is 1.52 bits per heavy atom. The Kier molecular flexibility index (Phi) is 4.82. The first-order valence-corrected chi connectivity index (χ1v) is 9.44. The maximum atomic E-state index is 12.0. The number of carbonyl (C=O) groups excluding carboxylic acids is 1. The van der Waals surface area contributed by atoms with Gasteiger partial charge in [0.05, 0.1) is 30.2 Å². The molecule has 0 spiro atoms. The van der Waals surface area contributed by atoms with E-state index in [0.717, 1.165) is 5.56 Å². The van der Waals surface area contributed by atoms with Crippen LogP contribution in [0.25, 0.3) is 0 Å². The number of primary amides is 1. The molecule has 4 rings (SSSR count). The van der Waals surface area contributed by atoms with E-state index in [1.165, 1.54) is 0 Å². The highest BCUT2D eigenvalue weighted by atomic mass is 16.5. The first kappa shape index (κ1) is 19.5. The Morgan fingerprint density at radius 2 is 2.31 bits per heavy atom. The first-order valence-electron chi connectivity index (χ1n) is 9.44. The summed E-state index contributed by atoms with van der Waals surface area (Å²) in [6.45, 7) is 4.65. The number of amides is 1. The van der Waals surface area contributed by atoms with Crippen molar-refractivity contribution in [2.75, 3.05) is 18.5 Å². The number of nitrogens with zero attached hydrogens (tertiary/aromatic N) is 3. The Bertz CT molecular complexity index is 999. The maximum absolute atomic E-state index is 12.0. The molecule has 150 valence electrons. The van der Waals surface area contributed by atoms with Crippen molar-refractivity contribution in [3.05, 3.63) is 35.5 Å². The third-order valence-corrected chi connectivity index (χ3v) is 5.46. The van der Waals surface area contributed by atoms with Gasteiger partial charge in [0.2, 0.25) is 0 Å². The summed E-state index contributed by atoms with van der Waals surface area (Å²) in [6, 6.07) is 7.45. The molecule has 29 heavy (non-hydrogen) atoms. The van der Waals surface area contributed by atoms with Crippen molar-refractivity contribution in [1.29, 1.82) is 5.26 Å². The zero-order valence-electron chi connectivity index (χ0n) is 16.3. The van der Waals surface area contributed by atoms with Crippen LogP contribution in [-0.2, 0) is 15.0 Å². The van der Waals surface area contributed by atoms with Crippen LogP contribution in [0.4, 0.5) is 11.5 Å². The van der Waals surface area contributed by atoms with E-state index in [0.29, 0.717) is 30.8 Å². The van der Waals surface area contributed by atoms with Gasteiger partial charge in [0.25, 0.3) is 5.91 Å². The number of aromatic nitrogens is 2. The van der Waals surface area contributed by atoms with Gasteiger partial charge in [-0.15, -0.1) is 0 Å². The first-order chi connectivity index (χ1) is 13.8. The molecule has 2 atom stereocenters. The van der Waals surface area contributed by atoms with Gasteiger partial charge in [-0.2, -0.15) is 10.4 Å². The number of hydrogen-bond acceptors (Lipinski definition) is 7. The zero-order valence-corrected chi connectivity index (χ0v) is 16.3. The fourth-order valence-corrected chi connectivity index (χ4v) is 3.90. The van der Waals surface area contributed by atoms with Crippen molar-refractivity contribution < 1.29 is 19.2 Å². The van der Waals surface area contributed by atoms with Gasteiger partial charge < -0.3 is 25.5 Å². The Hall–Kier alpha value is -2.87. The van der Waals surface area contributed by atoms with E-state index in [1.807, 2.05) is 26.0 Å². The van der Waals surface area contributed by atoms with Crippen molar-refractivity contribution in [1.82, 2.24) is 9.78 Å². The molecule has 1 saturated heterocycles. The van der Waals surface area contributed by atoms with Crippen molar-refractivity contribution in [3.8, 4) is 6.07 Å². The third-order valence-electron chi connectivity index (χ3n) is 5.46. The van der Waals surface area contributed by atoms with Crippen LogP contribution >= 0.6 is 0 Å². The summed E-state index contributed by atoms with van der Waals surface area (Å²) >= 11 is 0. The van der Waals surface area contributed by atoms with Gasteiger partial charge in [-0.05, 0) is 43.4 Å². The molecular weight excluding hydrogens is 373 g/mol. The fourth-order valence-electron chi connectivity index (χ4n) is 3.90. The predicted molar refractivity (Wildman–Crippen MR) is 106 cm³/mol. The average Bonchev–Trinajstić information content (AvgIpc) is 3.20. The van der Waals surface area contributed by atoms with E-state index in [1.54, 1.807) is 16.9 Å². The molecule has 2 aliphatic rings. The number of nitriles is 1. The Morgan fingerprint density at radius 3 is 3.03 bits per heavy atom. The molecule has 4 N–H and O–H groups in total. The largest absolute Gasteiger partial charge is 0.492 e. The number of ether oxygens (including phenoxy) is 1. The van der Waals surface area contributed by atoms with Gasteiger partial charge in [-0.1, -0.05) is 6.07 Å². The third kappa shape index (κ3) is 3.48. The van der Waals surface area contributed by atoms with E-state index in [-0.39, 0.29) is 23.3 Å². The molecule has 0 radical (unpaired) electrons. The minimum Gasteiger partial charge on any atom is -0.423 e. The van der Waals surface area contributed by atoms with Crippen LogP contribution in [0.5, 0.6) is 0 Å². The molecule has 1 fully saturated rings. The SMILES string of the molecule is CC1(C)OB(O)c2cc(Nc3nn([C@@H]4COCC[C@H]4C#N)cc3C(N)=O)ccc21. The van der Waals surface area contributed by atoms with E-state index < -0.39 is 18.6 Å². The summed E-state index contributed by atoms with van der Waals surface area (Å²) < 4.78 is 12.6. The second kappa shape index (κ2) is 7.19. The molecule has 10 heteroatoms. The summed E-state index contributed by atoms with van der Waals surface area (Å²) in [7, 11) is -1.02. The van der Waals surface area contributed by atoms with Gasteiger partial charge in [0.1, 0.15) is 5.56 Å². The normalized spacial score (nSPS) is 22.8. The van der Waals surface area contributed by atoms with E-state index in [4.69, 9.17) is 15.1 Å². The number of benzene rings is 1. The topological polar surface area (TPSA) is 135 Å². The molecule has 0 unspecified atom stereocenters. The van der Waals surface area contributed by atoms with E-state index in [2.05, 4.69) is 16.5 Å². The fraction of sp³-hybridized carbons (Fsp3) is 0.421. The molecule has 0 saturated carbocycles. The number of nitrogens with two attached hydrogens (primary N) is 1. The van der Waals surface area contributed by atoms with Crippen LogP contribution in [0.1, 0.15) is 42.2 Å². The lowest BCUT2D eigenvalue weighted by Crippen LogP contribution is -2.29. The summed E-state index contributed by atoms with van der Waals surface area (Å²) in [6.07, 6.45) is 2.15. The van der Waals surface area contributed by atoms with Crippen molar-refractivity contribution in [2.45, 2.75) is 31.9 Å². The van der Waals surface area contributed by atoms with Gasteiger partial charge in [-0.3, -0.25) is 9.48 Å². The summed E-state index contributed by atoms with van der Waals surface area (Å²) in [4.78, 5) is 12.0. The average molecular weight is 395 g/mol. The quantitative estimate of drug-likeness (QED) is 0.651. The lowest BCUT2D eigenvalue weighted by Gasteiger charge is -2.26. The van der Waals surface area contributed by atoms with Gasteiger partial charge in [0.15, 0.2) is 5.82 Å². The molecular formula is C19H22BN5O4. The van der Waals surface area contributed by atoms with Crippen molar-refractivity contribution in [3.63, 3.8) is 0 Å². The number of nitrogens with one attached hydrogen (secondary N) is 1. The highest BCUT2D eigenvalue weighted by Gasteiger charge is 2.40. The van der Waals surface area contributed by atoms with Crippen molar-refractivity contribution in [2.24, 2.45) is 11.7 Å². The number of rotatable bonds is 4. The standard InChI is InChI=1S/C19H22BN5O4/c1-19(2)14-4-3-12(7-15(14)20(27)29-19)23-18-13(17(22)26)9-25(24-18)16-10-28-6-5-11(16)8-21/h3-4,7,9,11,16,27H,5-6,10H2,1-2H3,(H2,22,26)(H,23,24)/t11-,16+/m0/s1. The van der Waals surface area contributed by atoms with Crippen LogP contribution in [0.15, 0.2) is 24.4 Å². The highest BCUT2D eigenvalue weighted by molar-refractivity contribution is 6.62. The van der Waals surface area contributed by atoms with Crippen molar-refractivity contribution >= 4 is 30.0 Å². The minimum atomic E-state index is -1.02. The molecule has 1 aromatic heterocycles. The highest BCUT2D eigenvalue weighted by Crippen LogP contribution is 2.32. The molecule has 9 nitrogen and oxygen atoms in total.